The Kier molecular flexibility index (Phi) is 4.43. The topological polar surface area (TPSA) is 54.4 Å². The number of hydrogen-bond donors (Lipinski definition) is 0. The number of para-hydroxylation sites is 1. The molecule has 0 amide bonds. The predicted molar refractivity (Wildman–Crippen MR) is 97.8 cm³/mol. The molecular formula is C19H21N5O. The first-order chi connectivity index (χ1) is 12.3. The lowest BCUT2D eigenvalue weighted by Gasteiger charge is -2.35. The second-order valence-electron chi connectivity index (χ2n) is 6.19. The number of benzene rings is 1. The van der Waals surface area contributed by atoms with Crippen LogP contribution in [0.5, 0.6) is 5.88 Å². The molecule has 128 valence electrons. The van der Waals surface area contributed by atoms with Crippen LogP contribution < -0.4 is 9.64 Å². The lowest BCUT2D eigenvalue weighted by atomic mass is 10.2. The SMILES string of the molecule is COc1ccc(CN2CCN(c3ncnc4ccccc34)CC2)cn1. The van der Waals surface area contributed by atoms with Gasteiger partial charge in [0.2, 0.25) is 5.88 Å². The summed E-state index contributed by atoms with van der Waals surface area (Å²) in [5.41, 5.74) is 2.21. The van der Waals surface area contributed by atoms with Crippen molar-refractivity contribution in [1.82, 2.24) is 19.9 Å². The van der Waals surface area contributed by atoms with Crippen molar-refractivity contribution in [1.29, 1.82) is 0 Å². The van der Waals surface area contributed by atoms with Crippen molar-refractivity contribution >= 4 is 16.7 Å². The molecule has 0 unspecified atom stereocenters. The summed E-state index contributed by atoms with van der Waals surface area (Å²) in [6, 6.07) is 12.2. The largest absolute Gasteiger partial charge is 0.481 e. The molecule has 0 bridgehead atoms. The molecule has 0 saturated carbocycles. The van der Waals surface area contributed by atoms with Gasteiger partial charge in [0.15, 0.2) is 0 Å². The number of aromatic nitrogens is 3. The Hall–Kier alpha value is -2.73. The summed E-state index contributed by atoms with van der Waals surface area (Å²) < 4.78 is 5.11. The minimum absolute atomic E-state index is 0.657. The molecule has 0 atom stereocenters. The fourth-order valence-corrected chi connectivity index (χ4v) is 3.24. The standard InChI is InChI=1S/C19H21N5O/c1-25-18-7-6-15(12-20-18)13-23-8-10-24(11-9-23)19-16-4-2-3-5-17(16)21-14-22-19/h2-7,12,14H,8-11,13H2,1H3. The van der Waals surface area contributed by atoms with Crippen LogP contribution in [0.15, 0.2) is 48.9 Å². The predicted octanol–water partition coefficient (Wildman–Crippen LogP) is 2.36. The number of fused-ring (bicyclic) bond motifs is 1. The minimum atomic E-state index is 0.657. The van der Waals surface area contributed by atoms with E-state index in [0.717, 1.165) is 49.4 Å². The van der Waals surface area contributed by atoms with Gasteiger partial charge in [-0.25, -0.2) is 15.0 Å². The van der Waals surface area contributed by atoms with Gasteiger partial charge in [0.1, 0.15) is 12.1 Å². The number of ether oxygens (including phenoxy) is 1. The van der Waals surface area contributed by atoms with Crippen molar-refractivity contribution < 1.29 is 4.74 Å². The number of piperazine rings is 1. The molecule has 3 aromatic rings. The summed E-state index contributed by atoms with van der Waals surface area (Å²) in [6.45, 7) is 4.85. The van der Waals surface area contributed by atoms with E-state index in [9.17, 15) is 0 Å². The molecule has 1 saturated heterocycles. The Balaban J connectivity index is 1.42. The normalized spacial score (nSPS) is 15.5. The van der Waals surface area contributed by atoms with E-state index < -0.39 is 0 Å². The van der Waals surface area contributed by atoms with E-state index in [-0.39, 0.29) is 0 Å². The summed E-state index contributed by atoms with van der Waals surface area (Å²) >= 11 is 0. The van der Waals surface area contributed by atoms with E-state index in [1.54, 1.807) is 13.4 Å². The van der Waals surface area contributed by atoms with E-state index in [1.165, 1.54) is 5.56 Å². The van der Waals surface area contributed by atoms with Gasteiger partial charge in [0.25, 0.3) is 0 Å². The second kappa shape index (κ2) is 7.03. The van der Waals surface area contributed by atoms with Gasteiger partial charge in [0, 0.05) is 50.4 Å². The van der Waals surface area contributed by atoms with Gasteiger partial charge in [-0.2, -0.15) is 0 Å². The molecule has 4 rings (SSSR count). The Morgan fingerprint density at radius 2 is 1.80 bits per heavy atom. The van der Waals surface area contributed by atoms with Crippen LogP contribution in [0.1, 0.15) is 5.56 Å². The second-order valence-corrected chi connectivity index (χ2v) is 6.19. The highest BCUT2D eigenvalue weighted by molar-refractivity contribution is 5.89. The van der Waals surface area contributed by atoms with Crippen LogP contribution in [0.25, 0.3) is 10.9 Å². The number of methoxy groups -OCH3 is 1. The van der Waals surface area contributed by atoms with Crippen LogP contribution in [-0.2, 0) is 6.54 Å². The molecule has 1 aliphatic heterocycles. The summed E-state index contributed by atoms with van der Waals surface area (Å²) in [7, 11) is 1.64. The van der Waals surface area contributed by atoms with Crippen molar-refractivity contribution in [3.8, 4) is 5.88 Å². The highest BCUT2D eigenvalue weighted by Gasteiger charge is 2.20. The van der Waals surface area contributed by atoms with Gasteiger partial charge < -0.3 is 9.64 Å². The van der Waals surface area contributed by atoms with Crippen molar-refractivity contribution in [2.24, 2.45) is 0 Å². The van der Waals surface area contributed by atoms with Crippen molar-refractivity contribution in [3.63, 3.8) is 0 Å². The highest BCUT2D eigenvalue weighted by atomic mass is 16.5. The number of rotatable bonds is 4. The van der Waals surface area contributed by atoms with Crippen molar-refractivity contribution in [3.05, 3.63) is 54.5 Å². The van der Waals surface area contributed by atoms with Crippen LogP contribution in [0, 0.1) is 0 Å². The van der Waals surface area contributed by atoms with Gasteiger partial charge in [-0.15, -0.1) is 0 Å². The molecule has 1 fully saturated rings. The van der Waals surface area contributed by atoms with Crippen LogP contribution >= 0.6 is 0 Å². The molecular weight excluding hydrogens is 314 g/mol. The molecule has 0 aliphatic carbocycles. The number of hydrogen-bond acceptors (Lipinski definition) is 6. The molecule has 1 aliphatic rings. The molecule has 3 heterocycles. The first-order valence-electron chi connectivity index (χ1n) is 8.49. The maximum atomic E-state index is 5.11. The smallest absolute Gasteiger partial charge is 0.212 e. The van der Waals surface area contributed by atoms with Gasteiger partial charge in [-0.3, -0.25) is 4.90 Å². The van der Waals surface area contributed by atoms with E-state index in [0.29, 0.717) is 5.88 Å². The maximum Gasteiger partial charge on any atom is 0.212 e. The average molecular weight is 335 g/mol. The fraction of sp³-hybridized carbons (Fsp3) is 0.316. The third kappa shape index (κ3) is 3.39. The van der Waals surface area contributed by atoms with Gasteiger partial charge in [-0.05, 0) is 17.7 Å². The third-order valence-electron chi connectivity index (χ3n) is 4.61. The maximum absolute atomic E-state index is 5.11. The monoisotopic (exact) mass is 335 g/mol. The van der Waals surface area contributed by atoms with Crippen molar-refractivity contribution in [2.45, 2.75) is 6.54 Å². The molecule has 0 spiro atoms. The zero-order valence-electron chi connectivity index (χ0n) is 14.3. The lowest BCUT2D eigenvalue weighted by Crippen LogP contribution is -2.46. The first-order valence-corrected chi connectivity index (χ1v) is 8.49. The quantitative estimate of drug-likeness (QED) is 0.729. The summed E-state index contributed by atoms with van der Waals surface area (Å²) in [6.07, 6.45) is 3.55. The summed E-state index contributed by atoms with van der Waals surface area (Å²) in [5, 5.41) is 1.12. The average Bonchev–Trinajstić information content (AvgIpc) is 2.69. The highest BCUT2D eigenvalue weighted by Crippen LogP contribution is 2.23. The fourth-order valence-electron chi connectivity index (χ4n) is 3.24. The zero-order valence-corrected chi connectivity index (χ0v) is 14.3. The van der Waals surface area contributed by atoms with Crippen LogP contribution in [0.2, 0.25) is 0 Å². The molecule has 25 heavy (non-hydrogen) atoms. The molecule has 6 nitrogen and oxygen atoms in total. The zero-order chi connectivity index (χ0) is 17.1. The van der Waals surface area contributed by atoms with Crippen LogP contribution in [0.3, 0.4) is 0 Å². The Morgan fingerprint density at radius 3 is 2.56 bits per heavy atom. The van der Waals surface area contributed by atoms with Gasteiger partial charge in [-0.1, -0.05) is 18.2 Å². The molecule has 0 N–H and O–H groups in total. The minimum Gasteiger partial charge on any atom is -0.481 e. The van der Waals surface area contributed by atoms with E-state index >= 15 is 0 Å². The number of pyridine rings is 1. The van der Waals surface area contributed by atoms with E-state index in [1.807, 2.05) is 30.5 Å². The van der Waals surface area contributed by atoms with Gasteiger partial charge >= 0.3 is 0 Å². The van der Waals surface area contributed by atoms with Crippen molar-refractivity contribution in [2.75, 3.05) is 38.2 Å². The Bertz CT molecular complexity index is 839. The van der Waals surface area contributed by atoms with Gasteiger partial charge in [0.05, 0.1) is 12.6 Å². The molecule has 0 radical (unpaired) electrons. The van der Waals surface area contributed by atoms with E-state index in [2.05, 4.69) is 36.9 Å². The number of nitrogens with zero attached hydrogens (tertiary/aromatic N) is 5. The third-order valence-corrected chi connectivity index (χ3v) is 4.61. The Morgan fingerprint density at radius 1 is 0.960 bits per heavy atom. The van der Waals surface area contributed by atoms with Crippen LogP contribution in [0.4, 0.5) is 5.82 Å². The first kappa shape index (κ1) is 15.8. The molecule has 1 aromatic carbocycles. The molecule has 2 aromatic heterocycles. The summed E-state index contributed by atoms with van der Waals surface area (Å²) in [5.74, 6) is 1.69. The molecule has 6 heteroatoms. The number of anilines is 1. The summed E-state index contributed by atoms with van der Waals surface area (Å²) in [4.78, 5) is 18.0. The lowest BCUT2D eigenvalue weighted by molar-refractivity contribution is 0.249. The van der Waals surface area contributed by atoms with E-state index in [4.69, 9.17) is 4.74 Å². The van der Waals surface area contributed by atoms with Crippen LogP contribution in [-0.4, -0.2) is 53.1 Å². The Labute approximate surface area is 147 Å².